The zero-order valence-electron chi connectivity index (χ0n) is 13.6. The molecule has 0 bridgehead atoms. The smallest absolute Gasteiger partial charge is 0.324 e. The Balaban J connectivity index is 2.48. The fourth-order valence-corrected chi connectivity index (χ4v) is 2.97. The summed E-state index contributed by atoms with van der Waals surface area (Å²) in [5.41, 5.74) is 5.54. The third-order valence-corrected chi connectivity index (χ3v) is 4.64. The van der Waals surface area contributed by atoms with Crippen LogP contribution in [0.3, 0.4) is 0 Å². The molecule has 0 aliphatic carbocycles. The molecule has 3 nitrogen and oxygen atoms in total. The van der Waals surface area contributed by atoms with E-state index in [0.717, 1.165) is 6.07 Å². The second-order valence-electron chi connectivity index (χ2n) is 6.50. The first kappa shape index (κ1) is 18.0. The van der Waals surface area contributed by atoms with Crippen LogP contribution in [0.2, 0.25) is 0 Å². The molecule has 0 radical (unpaired) electrons. The Morgan fingerprint density at radius 1 is 1.13 bits per heavy atom. The molecular formula is C16H21F3N3P. The van der Waals surface area contributed by atoms with E-state index in [2.05, 4.69) is 18.4 Å². The number of hydrogen-bond acceptors (Lipinski definition) is 2. The predicted molar refractivity (Wildman–Crippen MR) is 89.3 cm³/mol. The van der Waals surface area contributed by atoms with E-state index >= 15 is 0 Å². The molecule has 7 heteroatoms. The summed E-state index contributed by atoms with van der Waals surface area (Å²) in [7, 11) is -0.242. The van der Waals surface area contributed by atoms with Crippen molar-refractivity contribution in [1.82, 2.24) is 9.78 Å². The van der Waals surface area contributed by atoms with Gasteiger partial charge in [0.25, 0.3) is 0 Å². The first-order valence-electron chi connectivity index (χ1n) is 7.19. The summed E-state index contributed by atoms with van der Waals surface area (Å²) in [6, 6.07) is 8.68. The lowest BCUT2D eigenvalue weighted by Crippen LogP contribution is -2.37. The SMILES string of the molecule is CP(C)c1ccc(-c2cc(C(F)(F)F)nn2CC(C)(C)N)cc1. The van der Waals surface area contributed by atoms with Gasteiger partial charge in [0.1, 0.15) is 0 Å². The highest BCUT2D eigenvalue weighted by Gasteiger charge is 2.35. The summed E-state index contributed by atoms with van der Waals surface area (Å²) in [5, 5.41) is 4.92. The normalized spacial score (nSPS) is 12.9. The molecule has 0 unspecified atom stereocenters. The van der Waals surface area contributed by atoms with Gasteiger partial charge in [0.2, 0.25) is 0 Å². The second-order valence-corrected chi connectivity index (χ2v) is 8.81. The number of hydrogen-bond donors (Lipinski definition) is 1. The maximum absolute atomic E-state index is 13.0. The number of halogens is 3. The highest BCUT2D eigenvalue weighted by atomic mass is 31.1. The Hall–Kier alpha value is -1.39. The maximum Gasteiger partial charge on any atom is 0.435 e. The van der Waals surface area contributed by atoms with Crippen molar-refractivity contribution in [2.24, 2.45) is 5.73 Å². The molecule has 126 valence electrons. The molecule has 2 aromatic rings. The fourth-order valence-electron chi connectivity index (χ4n) is 2.22. The summed E-state index contributed by atoms with van der Waals surface area (Å²) in [5.74, 6) is 0. The Morgan fingerprint density at radius 2 is 1.70 bits per heavy atom. The molecule has 2 N–H and O–H groups in total. The second kappa shape index (κ2) is 6.25. The van der Waals surface area contributed by atoms with Crippen molar-refractivity contribution < 1.29 is 13.2 Å². The summed E-state index contributed by atoms with van der Waals surface area (Å²) in [6.45, 7) is 7.99. The number of nitrogens with two attached hydrogens (primary N) is 1. The Bertz CT molecular complexity index is 667. The lowest BCUT2D eigenvalue weighted by atomic mass is 10.1. The lowest BCUT2D eigenvalue weighted by Gasteiger charge is -2.20. The van der Waals surface area contributed by atoms with Gasteiger partial charge in [-0.05, 0) is 44.1 Å². The Labute approximate surface area is 135 Å². The van der Waals surface area contributed by atoms with Gasteiger partial charge in [0.15, 0.2) is 5.69 Å². The molecule has 23 heavy (non-hydrogen) atoms. The molecule has 1 heterocycles. The minimum Gasteiger partial charge on any atom is -0.324 e. The van der Waals surface area contributed by atoms with Crippen LogP contribution < -0.4 is 11.0 Å². The fraction of sp³-hybridized carbons (Fsp3) is 0.438. The molecule has 0 aliphatic rings. The average Bonchev–Trinajstić information content (AvgIpc) is 2.80. The Morgan fingerprint density at radius 3 is 2.13 bits per heavy atom. The van der Waals surface area contributed by atoms with E-state index in [-0.39, 0.29) is 14.5 Å². The largest absolute Gasteiger partial charge is 0.435 e. The van der Waals surface area contributed by atoms with E-state index in [1.807, 2.05) is 24.3 Å². The monoisotopic (exact) mass is 343 g/mol. The number of alkyl halides is 3. The van der Waals surface area contributed by atoms with Crippen LogP contribution in [0.15, 0.2) is 30.3 Å². The van der Waals surface area contributed by atoms with Gasteiger partial charge in [0.05, 0.1) is 12.2 Å². The highest BCUT2D eigenvalue weighted by molar-refractivity contribution is 7.64. The average molecular weight is 343 g/mol. The van der Waals surface area contributed by atoms with Crippen LogP contribution in [0.25, 0.3) is 11.3 Å². The van der Waals surface area contributed by atoms with Crippen LogP contribution in [0.1, 0.15) is 19.5 Å². The zero-order chi connectivity index (χ0) is 17.4. The van der Waals surface area contributed by atoms with Crippen LogP contribution in [-0.4, -0.2) is 28.6 Å². The highest BCUT2D eigenvalue weighted by Crippen LogP contribution is 2.32. The van der Waals surface area contributed by atoms with E-state index < -0.39 is 17.4 Å². The van der Waals surface area contributed by atoms with Crippen molar-refractivity contribution in [1.29, 1.82) is 0 Å². The van der Waals surface area contributed by atoms with Gasteiger partial charge in [-0.15, -0.1) is 0 Å². The van der Waals surface area contributed by atoms with Gasteiger partial charge in [-0.1, -0.05) is 32.2 Å². The molecule has 0 fully saturated rings. The van der Waals surface area contributed by atoms with Crippen molar-refractivity contribution in [3.8, 4) is 11.3 Å². The molecule has 0 amide bonds. The standard InChI is InChI=1S/C16H21F3N3P/c1-15(2,20)10-22-13(9-14(21-22)16(17,18)19)11-5-7-12(8-6-11)23(3)4/h5-9H,10,20H2,1-4H3. The van der Waals surface area contributed by atoms with E-state index in [1.165, 1.54) is 9.99 Å². The number of rotatable bonds is 4. The molecular weight excluding hydrogens is 322 g/mol. The Kier molecular flexibility index (Phi) is 4.88. The molecule has 0 saturated carbocycles. The summed E-state index contributed by atoms with van der Waals surface area (Å²) >= 11 is 0. The van der Waals surface area contributed by atoms with Gasteiger partial charge in [-0.25, -0.2) is 0 Å². The van der Waals surface area contributed by atoms with Crippen LogP contribution >= 0.6 is 7.92 Å². The minimum absolute atomic E-state index is 0.203. The van der Waals surface area contributed by atoms with Gasteiger partial charge < -0.3 is 5.73 Å². The van der Waals surface area contributed by atoms with Gasteiger partial charge in [0, 0.05) is 5.54 Å². The van der Waals surface area contributed by atoms with Gasteiger partial charge in [-0.3, -0.25) is 4.68 Å². The number of aromatic nitrogens is 2. The van der Waals surface area contributed by atoms with Crippen LogP contribution in [0, 0.1) is 0 Å². The van der Waals surface area contributed by atoms with Crippen molar-refractivity contribution in [2.75, 3.05) is 13.3 Å². The zero-order valence-corrected chi connectivity index (χ0v) is 14.5. The molecule has 0 spiro atoms. The van der Waals surface area contributed by atoms with Crippen molar-refractivity contribution in [2.45, 2.75) is 32.1 Å². The van der Waals surface area contributed by atoms with E-state index in [0.29, 0.717) is 11.3 Å². The third-order valence-electron chi connectivity index (χ3n) is 3.31. The third kappa shape index (κ3) is 4.55. The van der Waals surface area contributed by atoms with Crippen LogP contribution in [0.4, 0.5) is 13.2 Å². The maximum atomic E-state index is 13.0. The topological polar surface area (TPSA) is 43.8 Å². The quantitative estimate of drug-likeness (QED) is 0.861. The molecule has 0 saturated heterocycles. The van der Waals surface area contributed by atoms with E-state index in [9.17, 15) is 13.2 Å². The number of benzene rings is 1. The minimum atomic E-state index is -4.47. The first-order valence-corrected chi connectivity index (χ1v) is 9.43. The van der Waals surface area contributed by atoms with Gasteiger partial charge in [-0.2, -0.15) is 18.3 Å². The van der Waals surface area contributed by atoms with Gasteiger partial charge >= 0.3 is 6.18 Å². The first-order chi connectivity index (χ1) is 10.5. The summed E-state index contributed by atoms with van der Waals surface area (Å²) in [6.07, 6.45) is -4.47. The van der Waals surface area contributed by atoms with Crippen LogP contribution in [0.5, 0.6) is 0 Å². The van der Waals surface area contributed by atoms with E-state index in [1.54, 1.807) is 13.8 Å². The predicted octanol–water partition coefficient (Wildman–Crippen LogP) is 3.67. The molecule has 0 atom stereocenters. The lowest BCUT2D eigenvalue weighted by molar-refractivity contribution is -0.141. The number of nitrogens with zero attached hydrogens (tertiary/aromatic N) is 2. The van der Waals surface area contributed by atoms with Crippen LogP contribution in [-0.2, 0) is 12.7 Å². The summed E-state index contributed by atoms with van der Waals surface area (Å²) < 4.78 is 40.3. The molecule has 1 aromatic heterocycles. The molecule has 0 aliphatic heterocycles. The van der Waals surface area contributed by atoms with Crippen molar-refractivity contribution >= 4 is 13.2 Å². The van der Waals surface area contributed by atoms with Crippen molar-refractivity contribution in [3.05, 3.63) is 36.0 Å². The summed E-state index contributed by atoms with van der Waals surface area (Å²) in [4.78, 5) is 0. The van der Waals surface area contributed by atoms with E-state index in [4.69, 9.17) is 5.73 Å². The van der Waals surface area contributed by atoms with Crippen molar-refractivity contribution in [3.63, 3.8) is 0 Å². The molecule has 1 aromatic carbocycles. The molecule has 2 rings (SSSR count).